The highest BCUT2D eigenvalue weighted by Gasteiger charge is 2.51. The van der Waals surface area contributed by atoms with Crippen LogP contribution in [0.4, 0.5) is 4.39 Å². The minimum atomic E-state index is -0.624. The zero-order valence-corrected chi connectivity index (χ0v) is 32.9. The smallest absolute Gasteiger partial charge is 0.311 e. The molecule has 2 aromatic carbocycles. The fourth-order valence-corrected chi connectivity index (χ4v) is 9.05. The number of aromatic nitrogens is 2. The lowest BCUT2D eigenvalue weighted by atomic mass is 9.59. The molecule has 3 heterocycles. The molecule has 57 heavy (non-hydrogen) atoms. The van der Waals surface area contributed by atoms with Gasteiger partial charge in [0.1, 0.15) is 18.5 Å². The molecular formula is C43H54FN5O8. The van der Waals surface area contributed by atoms with Gasteiger partial charge in [0.25, 0.3) is 11.5 Å². The van der Waals surface area contributed by atoms with Crippen molar-refractivity contribution in [3.63, 3.8) is 0 Å². The summed E-state index contributed by atoms with van der Waals surface area (Å²) >= 11 is 0. The van der Waals surface area contributed by atoms with Crippen molar-refractivity contribution in [1.29, 1.82) is 0 Å². The Kier molecular flexibility index (Phi) is 13.1. The lowest BCUT2D eigenvalue weighted by Crippen LogP contribution is -2.51. The van der Waals surface area contributed by atoms with Crippen LogP contribution in [0.2, 0.25) is 0 Å². The maximum absolute atomic E-state index is 14.9. The number of carbonyl (C=O) groups excluding carboxylic acids is 3. The number of rotatable bonds is 16. The molecule has 1 aromatic heterocycles. The number of nitrogens with zero attached hydrogens (tertiary/aromatic N) is 3. The molecule has 2 saturated heterocycles. The molecule has 0 radical (unpaired) electrons. The van der Waals surface area contributed by atoms with E-state index in [9.17, 15) is 23.6 Å². The Hall–Kier alpha value is -4.50. The third-order valence-electron chi connectivity index (χ3n) is 12.2. The molecule has 2 amide bonds. The molecule has 0 bridgehead atoms. The van der Waals surface area contributed by atoms with E-state index in [1.54, 1.807) is 28.0 Å². The van der Waals surface area contributed by atoms with Gasteiger partial charge in [-0.05, 0) is 54.4 Å². The van der Waals surface area contributed by atoms with Crippen LogP contribution in [0.5, 0.6) is 0 Å². The normalized spacial score (nSPS) is 24.5. The van der Waals surface area contributed by atoms with Crippen LogP contribution in [0.15, 0.2) is 58.9 Å². The summed E-state index contributed by atoms with van der Waals surface area (Å²) in [6.07, 6.45) is 7.23. The third-order valence-corrected chi connectivity index (χ3v) is 12.2. The fourth-order valence-electron chi connectivity index (χ4n) is 9.05. The molecule has 3 aromatic rings. The van der Waals surface area contributed by atoms with Gasteiger partial charge in [0.15, 0.2) is 0 Å². The number of nitrogens with one attached hydrogen (secondary N) is 2. The van der Waals surface area contributed by atoms with Crippen molar-refractivity contribution >= 4 is 28.6 Å². The number of halogens is 1. The second-order valence-electron chi connectivity index (χ2n) is 16.0. The third kappa shape index (κ3) is 9.46. The summed E-state index contributed by atoms with van der Waals surface area (Å²) in [5.41, 5.74) is 2.65. The monoisotopic (exact) mass is 787 g/mol. The lowest BCUT2D eigenvalue weighted by molar-refractivity contribution is -0.145. The first-order valence-corrected chi connectivity index (χ1v) is 20.3. The van der Waals surface area contributed by atoms with Crippen molar-refractivity contribution in [3.05, 3.63) is 87.1 Å². The molecular weight excluding hydrogens is 733 g/mol. The van der Waals surface area contributed by atoms with Crippen molar-refractivity contribution in [2.24, 2.45) is 23.2 Å². The molecule has 3 fully saturated rings. The van der Waals surface area contributed by atoms with Crippen LogP contribution >= 0.6 is 0 Å². The van der Waals surface area contributed by atoms with Gasteiger partial charge in [0.2, 0.25) is 5.91 Å². The molecule has 4 aliphatic rings. The maximum Gasteiger partial charge on any atom is 0.311 e. The van der Waals surface area contributed by atoms with Crippen LogP contribution in [-0.2, 0) is 35.0 Å². The summed E-state index contributed by atoms with van der Waals surface area (Å²) in [5, 5.41) is 11.3. The van der Waals surface area contributed by atoms with Crippen LogP contribution in [0.1, 0.15) is 61.1 Å². The minimum absolute atomic E-state index is 0.0148. The lowest BCUT2D eigenvalue weighted by Gasteiger charge is -2.46. The number of benzene rings is 2. The average Bonchev–Trinajstić information content (AvgIpc) is 3.51. The van der Waals surface area contributed by atoms with Crippen molar-refractivity contribution < 1.29 is 37.7 Å². The van der Waals surface area contributed by atoms with E-state index in [1.165, 1.54) is 37.0 Å². The molecule has 3 unspecified atom stereocenters. The van der Waals surface area contributed by atoms with E-state index in [2.05, 4.69) is 35.4 Å². The first-order valence-electron chi connectivity index (χ1n) is 20.3. The Labute approximate surface area is 332 Å². The number of aromatic amines is 1. The Balaban J connectivity index is 0.739. The molecule has 2 aliphatic heterocycles. The fraction of sp³-hybridized carbons (Fsp3) is 0.558. The summed E-state index contributed by atoms with van der Waals surface area (Å²) in [4.78, 5) is 54.2. The first kappa shape index (κ1) is 40.7. The van der Waals surface area contributed by atoms with E-state index in [-0.39, 0.29) is 72.7 Å². The van der Waals surface area contributed by atoms with Gasteiger partial charge >= 0.3 is 5.97 Å². The zero-order chi connectivity index (χ0) is 39.9. The van der Waals surface area contributed by atoms with E-state index < -0.39 is 11.7 Å². The molecule has 306 valence electrons. The Morgan fingerprint density at radius 2 is 1.70 bits per heavy atom. The summed E-state index contributed by atoms with van der Waals surface area (Å²) in [7, 11) is 0. The molecule has 2 N–H and O–H groups in total. The van der Waals surface area contributed by atoms with Gasteiger partial charge in [-0.15, -0.1) is 0 Å². The SMILES string of the molecule is C[C@H]1CCC[C@]2(C)CC3OC(=O)C(CNCCOCCOCCOCC(=O)N4CCN(C(=O)c5cc(Cc6n[nH]c(=O)c7ccccc67)ccc5F)CC4)C3C=C12. The van der Waals surface area contributed by atoms with Gasteiger partial charge in [-0.2, -0.15) is 5.10 Å². The summed E-state index contributed by atoms with van der Waals surface area (Å²) in [6.45, 7) is 8.78. The van der Waals surface area contributed by atoms with Crippen molar-refractivity contribution in [2.45, 2.75) is 52.1 Å². The quantitative estimate of drug-likeness (QED) is 0.124. The van der Waals surface area contributed by atoms with Crippen LogP contribution in [0.25, 0.3) is 10.8 Å². The van der Waals surface area contributed by atoms with E-state index in [1.807, 2.05) is 12.1 Å². The highest BCUT2D eigenvalue weighted by Crippen LogP contribution is 2.53. The molecule has 14 heteroatoms. The predicted octanol–water partition coefficient (Wildman–Crippen LogP) is 3.89. The number of ether oxygens (including phenoxy) is 4. The van der Waals surface area contributed by atoms with E-state index in [4.69, 9.17) is 18.9 Å². The van der Waals surface area contributed by atoms with Crippen LogP contribution < -0.4 is 10.9 Å². The van der Waals surface area contributed by atoms with Gasteiger partial charge < -0.3 is 34.1 Å². The van der Waals surface area contributed by atoms with Gasteiger partial charge in [0.05, 0.1) is 55.6 Å². The maximum atomic E-state index is 14.9. The number of esters is 1. The largest absolute Gasteiger partial charge is 0.461 e. The minimum Gasteiger partial charge on any atom is -0.461 e. The number of carbonyl (C=O) groups is 3. The molecule has 13 nitrogen and oxygen atoms in total. The second-order valence-corrected chi connectivity index (χ2v) is 16.0. The van der Waals surface area contributed by atoms with Crippen molar-refractivity contribution in [2.75, 3.05) is 78.9 Å². The van der Waals surface area contributed by atoms with Gasteiger partial charge in [-0.1, -0.05) is 56.2 Å². The Bertz CT molecular complexity index is 2010. The Morgan fingerprint density at radius 1 is 0.982 bits per heavy atom. The molecule has 5 atom stereocenters. The number of piperazine rings is 1. The standard InChI is InChI=1S/C43H54FN5O8/c1-28-6-5-11-43(2)25-38-32(24-35(28)43)34(42(53)57-38)26-45-12-17-54-18-19-55-20-21-56-27-39(50)48-13-15-49(16-14-48)41(52)33-22-29(9-10-36(33)44)23-37-30-7-3-4-8-31(30)40(51)47-46-37/h3-4,7-10,22,24,28,32,34,38,45H,5-6,11-21,23,25-27H2,1-2H3,(H,47,51)/t28-,32?,34?,38?,43+/m0/s1. The van der Waals surface area contributed by atoms with Crippen LogP contribution in [0, 0.1) is 29.0 Å². The Morgan fingerprint density at radius 3 is 2.49 bits per heavy atom. The summed E-state index contributed by atoms with van der Waals surface area (Å²) in [5.74, 6) is -0.792. The van der Waals surface area contributed by atoms with Crippen LogP contribution in [0.3, 0.4) is 0 Å². The number of allylic oxidation sites excluding steroid dienone is 1. The van der Waals surface area contributed by atoms with Crippen molar-refractivity contribution in [1.82, 2.24) is 25.3 Å². The number of fused-ring (bicyclic) bond motifs is 3. The van der Waals surface area contributed by atoms with E-state index in [0.29, 0.717) is 87.0 Å². The molecule has 1 saturated carbocycles. The van der Waals surface area contributed by atoms with E-state index in [0.717, 1.165) is 6.42 Å². The summed E-state index contributed by atoms with van der Waals surface area (Å²) in [6, 6.07) is 11.5. The van der Waals surface area contributed by atoms with Crippen LogP contribution in [-0.4, -0.2) is 123 Å². The number of H-pyrrole nitrogens is 1. The highest BCUT2D eigenvalue weighted by molar-refractivity contribution is 5.95. The second kappa shape index (κ2) is 18.4. The molecule has 7 rings (SSSR count). The molecule has 2 aliphatic carbocycles. The molecule has 0 spiro atoms. The highest BCUT2D eigenvalue weighted by atomic mass is 19.1. The number of hydrogen-bond donors (Lipinski definition) is 2. The number of hydrogen-bond acceptors (Lipinski definition) is 10. The predicted molar refractivity (Wildman–Crippen MR) is 210 cm³/mol. The first-order chi connectivity index (χ1) is 27.6. The van der Waals surface area contributed by atoms with E-state index >= 15 is 0 Å². The van der Waals surface area contributed by atoms with Crippen molar-refractivity contribution in [3.8, 4) is 0 Å². The number of amides is 2. The van der Waals surface area contributed by atoms with Gasteiger partial charge in [-0.25, -0.2) is 9.49 Å². The average molecular weight is 788 g/mol. The zero-order valence-electron chi connectivity index (χ0n) is 32.9. The van der Waals surface area contributed by atoms with Gasteiger partial charge in [-0.3, -0.25) is 19.2 Å². The van der Waals surface area contributed by atoms with Gasteiger partial charge in [0, 0.05) is 57.0 Å². The summed E-state index contributed by atoms with van der Waals surface area (Å²) < 4.78 is 37.5. The topological polar surface area (TPSA) is 152 Å².